The molecule has 0 spiro atoms. The molecule has 0 aliphatic carbocycles. The molecule has 21 heavy (non-hydrogen) atoms. The summed E-state index contributed by atoms with van der Waals surface area (Å²) in [6, 6.07) is 15.9. The first-order chi connectivity index (χ1) is 9.97. The van der Waals surface area contributed by atoms with Crippen molar-refractivity contribution in [1.29, 1.82) is 0 Å². The third-order valence-corrected chi connectivity index (χ3v) is 3.97. The van der Waals surface area contributed by atoms with Crippen molar-refractivity contribution in [1.82, 2.24) is 5.32 Å². The van der Waals surface area contributed by atoms with Crippen LogP contribution in [0.25, 0.3) is 0 Å². The molecule has 0 aromatic heterocycles. The molecule has 1 nitrogen and oxygen atoms in total. The number of nitrogens with one attached hydrogen (secondary N) is 1. The molecule has 0 saturated heterocycles. The second-order valence-electron chi connectivity index (χ2n) is 5.98. The van der Waals surface area contributed by atoms with E-state index in [1.807, 2.05) is 12.1 Å². The van der Waals surface area contributed by atoms with Crippen molar-refractivity contribution >= 4 is 0 Å². The van der Waals surface area contributed by atoms with Gasteiger partial charge in [0.2, 0.25) is 0 Å². The van der Waals surface area contributed by atoms with Gasteiger partial charge in [0.1, 0.15) is 5.82 Å². The van der Waals surface area contributed by atoms with Gasteiger partial charge in [-0.05, 0) is 48.6 Å². The van der Waals surface area contributed by atoms with Crippen LogP contribution in [0.2, 0.25) is 0 Å². The highest BCUT2D eigenvalue weighted by atomic mass is 19.1. The quantitative estimate of drug-likeness (QED) is 0.779. The summed E-state index contributed by atoms with van der Waals surface area (Å²) in [6.07, 6.45) is 0. The Hall–Kier alpha value is -1.67. The molecule has 0 radical (unpaired) electrons. The SMILES string of the molecule is CC(C)c1ccc(C(C)N[C@H](C)c2ccc(F)cc2)cc1. The monoisotopic (exact) mass is 285 g/mol. The highest BCUT2D eigenvalue weighted by Gasteiger charge is 2.11. The van der Waals surface area contributed by atoms with E-state index in [0.29, 0.717) is 5.92 Å². The van der Waals surface area contributed by atoms with Crippen LogP contribution in [0.1, 0.15) is 62.4 Å². The van der Waals surface area contributed by atoms with Crippen LogP contribution in [0.5, 0.6) is 0 Å². The van der Waals surface area contributed by atoms with Gasteiger partial charge in [0, 0.05) is 12.1 Å². The van der Waals surface area contributed by atoms with E-state index in [1.54, 1.807) is 0 Å². The predicted molar refractivity (Wildman–Crippen MR) is 86.9 cm³/mol. The lowest BCUT2D eigenvalue weighted by Crippen LogP contribution is -2.22. The van der Waals surface area contributed by atoms with E-state index >= 15 is 0 Å². The molecule has 1 N–H and O–H groups in total. The number of hydrogen-bond acceptors (Lipinski definition) is 1. The molecule has 2 rings (SSSR count). The molecule has 0 fully saturated rings. The van der Waals surface area contributed by atoms with Gasteiger partial charge in [0.15, 0.2) is 0 Å². The van der Waals surface area contributed by atoms with Crippen LogP contribution < -0.4 is 5.32 Å². The minimum atomic E-state index is -0.191. The van der Waals surface area contributed by atoms with Gasteiger partial charge in [-0.25, -0.2) is 4.39 Å². The van der Waals surface area contributed by atoms with Crippen molar-refractivity contribution in [3.05, 3.63) is 71.0 Å². The second kappa shape index (κ2) is 6.86. The summed E-state index contributed by atoms with van der Waals surface area (Å²) in [5, 5.41) is 3.56. The Morgan fingerprint density at radius 2 is 1.05 bits per heavy atom. The first-order valence-electron chi connectivity index (χ1n) is 7.58. The van der Waals surface area contributed by atoms with Crippen LogP contribution in [0.4, 0.5) is 4.39 Å². The normalized spacial score (nSPS) is 14.2. The van der Waals surface area contributed by atoms with Gasteiger partial charge in [-0.3, -0.25) is 0 Å². The van der Waals surface area contributed by atoms with E-state index in [-0.39, 0.29) is 17.9 Å². The van der Waals surface area contributed by atoms with Crippen molar-refractivity contribution < 1.29 is 4.39 Å². The van der Waals surface area contributed by atoms with E-state index in [4.69, 9.17) is 0 Å². The fourth-order valence-electron chi connectivity index (χ4n) is 2.49. The first kappa shape index (κ1) is 15.7. The Bertz CT molecular complexity index is 557. The van der Waals surface area contributed by atoms with Crippen LogP contribution in [0.3, 0.4) is 0 Å². The summed E-state index contributed by atoms with van der Waals surface area (Å²) in [7, 11) is 0. The lowest BCUT2D eigenvalue weighted by atomic mass is 9.99. The summed E-state index contributed by atoms with van der Waals surface area (Å²) in [5.74, 6) is 0.365. The topological polar surface area (TPSA) is 12.0 Å². The average molecular weight is 285 g/mol. The fourth-order valence-corrected chi connectivity index (χ4v) is 2.49. The van der Waals surface area contributed by atoms with Crippen LogP contribution in [0, 0.1) is 5.82 Å². The molecule has 112 valence electrons. The van der Waals surface area contributed by atoms with E-state index < -0.39 is 0 Å². The molecule has 1 unspecified atom stereocenters. The summed E-state index contributed by atoms with van der Waals surface area (Å²) in [4.78, 5) is 0. The van der Waals surface area contributed by atoms with Crippen molar-refractivity contribution in [2.24, 2.45) is 0 Å². The molecule has 0 amide bonds. The van der Waals surface area contributed by atoms with Gasteiger partial charge in [0.25, 0.3) is 0 Å². The van der Waals surface area contributed by atoms with E-state index in [1.165, 1.54) is 23.3 Å². The Morgan fingerprint density at radius 3 is 1.48 bits per heavy atom. The van der Waals surface area contributed by atoms with Crippen molar-refractivity contribution in [3.63, 3.8) is 0 Å². The van der Waals surface area contributed by atoms with Gasteiger partial charge < -0.3 is 5.32 Å². The molecule has 0 heterocycles. The van der Waals surface area contributed by atoms with Gasteiger partial charge in [-0.15, -0.1) is 0 Å². The van der Waals surface area contributed by atoms with Crippen molar-refractivity contribution in [2.75, 3.05) is 0 Å². The molecule has 2 atom stereocenters. The third-order valence-electron chi connectivity index (χ3n) is 3.97. The largest absolute Gasteiger partial charge is 0.304 e. The maximum Gasteiger partial charge on any atom is 0.123 e. The zero-order valence-electron chi connectivity index (χ0n) is 13.2. The average Bonchev–Trinajstić information content (AvgIpc) is 2.47. The van der Waals surface area contributed by atoms with Gasteiger partial charge >= 0.3 is 0 Å². The van der Waals surface area contributed by atoms with Crippen LogP contribution in [0.15, 0.2) is 48.5 Å². The van der Waals surface area contributed by atoms with Gasteiger partial charge in [-0.2, -0.15) is 0 Å². The third kappa shape index (κ3) is 4.15. The van der Waals surface area contributed by atoms with Crippen LogP contribution >= 0.6 is 0 Å². The highest BCUT2D eigenvalue weighted by molar-refractivity contribution is 5.27. The van der Waals surface area contributed by atoms with E-state index in [9.17, 15) is 4.39 Å². The lowest BCUT2D eigenvalue weighted by molar-refractivity contribution is 0.493. The zero-order valence-corrected chi connectivity index (χ0v) is 13.2. The van der Waals surface area contributed by atoms with Crippen molar-refractivity contribution in [3.8, 4) is 0 Å². The van der Waals surface area contributed by atoms with Crippen molar-refractivity contribution in [2.45, 2.75) is 45.7 Å². The highest BCUT2D eigenvalue weighted by Crippen LogP contribution is 2.22. The molecule has 0 saturated carbocycles. The summed E-state index contributed by atoms with van der Waals surface area (Å²) < 4.78 is 13.0. The summed E-state index contributed by atoms with van der Waals surface area (Å²) >= 11 is 0. The molecule has 2 aromatic carbocycles. The zero-order chi connectivity index (χ0) is 15.4. The minimum Gasteiger partial charge on any atom is -0.304 e. The molecule has 0 aliphatic heterocycles. The molecule has 2 aromatic rings. The Morgan fingerprint density at radius 1 is 0.667 bits per heavy atom. The van der Waals surface area contributed by atoms with E-state index in [2.05, 4.69) is 57.3 Å². The van der Waals surface area contributed by atoms with E-state index in [0.717, 1.165) is 5.56 Å². The van der Waals surface area contributed by atoms with Gasteiger partial charge in [0.05, 0.1) is 0 Å². The lowest BCUT2D eigenvalue weighted by Gasteiger charge is -2.21. The Balaban J connectivity index is 2.03. The van der Waals surface area contributed by atoms with Crippen LogP contribution in [-0.4, -0.2) is 0 Å². The smallest absolute Gasteiger partial charge is 0.123 e. The number of halogens is 1. The maximum absolute atomic E-state index is 13.0. The minimum absolute atomic E-state index is 0.186. The number of hydrogen-bond donors (Lipinski definition) is 1. The van der Waals surface area contributed by atoms with Crippen LogP contribution in [-0.2, 0) is 0 Å². The molecular formula is C19H24FN. The first-order valence-corrected chi connectivity index (χ1v) is 7.58. The Labute approximate surface area is 127 Å². The Kier molecular flexibility index (Phi) is 5.13. The number of rotatable bonds is 5. The predicted octanol–water partition coefficient (Wildman–Crippen LogP) is 5.36. The maximum atomic E-state index is 13.0. The standard InChI is InChI=1S/C19H24FN/c1-13(2)16-5-7-17(8-6-16)14(3)21-15(4)18-9-11-19(20)12-10-18/h5-15,21H,1-4H3/t14?,15-/m1/s1. The molecule has 2 heteroatoms. The molecule has 0 bridgehead atoms. The molecular weight excluding hydrogens is 261 g/mol. The summed E-state index contributed by atoms with van der Waals surface area (Å²) in [5.41, 5.74) is 3.73. The summed E-state index contributed by atoms with van der Waals surface area (Å²) in [6.45, 7) is 8.66. The number of benzene rings is 2. The molecule has 0 aliphatic rings. The van der Waals surface area contributed by atoms with Gasteiger partial charge in [-0.1, -0.05) is 50.2 Å². The fraction of sp³-hybridized carbons (Fsp3) is 0.368. The second-order valence-corrected chi connectivity index (χ2v) is 5.98.